The number of carbonyl (C=O) groups is 3. The summed E-state index contributed by atoms with van der Waals surface area (Å²) in [6, 6.07) is 9.08. The molecule has 0 bridgehead atoms. The number of nitrogens with one attached hydrogen (secondary N) is 1. The average molecular weight is 480 g/mol. The minimum atomic E-state index is -1.18. The number of rotatable bonds is 3. The third kappa shape index (κ3) is 2.44. The van der Waals surface area contributed by atoms with E-state index in [1.807, 2.05) is 32.0 Å². The maximum Gasteiger partial charge on any atom is 0.250 e. The van der Waals surface area contributed by atoms with Crippen LogP contribution in [0.15, 0.2) is 30.3 Å². The molecular weight excluding hydrogens is 454 g/mol. The molecular formula is C26H26ClN3O4. The number of hydrogen-bond donors (Lipinski definition) is 1. The molecule has 3 fully saturated rings. The Morgan fingerprint density at radius 3 is 2.74 bits per heavy atom. The van der Waals surface area contributed by atoms with Gasteiger partial charge in [-0.2, -0.15) is 0 Å². The number of methoxy groups -OCH3 is 1. The Labute approximate surface area is 203 Å². The molecule has 2 aromatic carbocycles. The van der Waals surface area contributed by atoms with E-state index in [1.165, 1.54) is 12.0 Å². The number of para-hydroxylation sites is 1. The van der Waals surface area contributed by atoms with Gasteiger partial charge in [-0.3, -0.25) is 19.3 Å². The molecule has 7 nitrogen and oxygen atoms in total. The fourth-order valence-electron chi connectivity index (χ4n) is 6.81. The van der Waals surface area contributed by atoms with Gasteiger partial charge in [-0.25, -0.2) is 4.90 Å². The molecule has 0 radical (unpaired) electrons. The van der Waals surface area contributed by atoms with Crippen LogP contribution in [0.5, 0.6) is 5.75 Å². The Balaban J connectivity index is 1.56. The highest BCUT2D eigenvalue weighted by molar-refractivity contribution is 6.32. The van der Waals surface area contributed by atoms with Gasteiger partial charge in [0.25, 0.3) is 0 Å². The summed E-state index contributed by atoms with van der Waals surface area (Å²) in [6.07, 6.45) is 2.43. The Morgan fingerprint density at radius 2 is 2.00 bits per heavy atom. The average Bonchev–Trinajstić information content (AvgIpc) is 3.53. The van der Waals surface area contributed by atoms with Gasteiger partial charge in [-0.05, 0) is 49.9 Å². The molecule has 1 spiro atoms. The first kappa shape index (κ1) is 21.6. The summed E-state index contributed by atoms with van der Waals surface area (Å²) in [7, 11) is 1.49. The summed E-state index contributed by atoms with van der Waals surface area (Å²) < 4.78 is 5.50. The second-order valence-electron chi connectivity index (χ2n) is 9.61. The molecule has 4 aliphatic rings. The van der Waals surface area contributed by atoms with Crippen LogP contribution in [0.1, 0.15) is 36.5 Å². The lowest BCUT2D eigenvalue weighted by Gasteiger charge is -2.36. The molecule has 3 saturated heterocycles. The fraction of sp³-hybridized carbons (Fsp3) is 0.423. The monoisotopic (exact) mass is 479 g/mol. The lowest BCUT2D eigenvalue weighted by Crippen LogP contribution is -2.54. The topological polar surface area (TPSA) is 79.0 Å². The van der Waals surface area contributed by atoms with Crippen LogP contribution in [0.25, 0.3) is 0 Å². The normalized spacial score (nSPS) is 29.6. The van der Waals surface area contributed by atoms with Gasteiger partial charge >= 0.3 is 0 Å². The Bertz CT molecular complexity index is 1280. The number of nitrogens with zero attached hydrogens (tertiary/aromatic N) is 2. The maximum absolute atomic E-state index is 14.2. The van der Waals surface area contributed by atoms with E-state index in [-0.39, 0.29) is 23.8 Å². The van der Waals surface area contributed by atoms with Crippen molar-refractivity contribution in [1.29, 1.82) is 0 Å². The SMILES string of the molecule is CCc1cccc2c1NC(=O)[C@@]21[C@@H]2C(=O)N(c3cc(C)c(Cl)cc3OC)C(=O)[C@@H]2[C@@H]2CCCN21. The van der Waals surface area contributed by atoms with Crippen molar-refractivity contribution in [3.8, 4) is 5.75 Å². The van der Waals surface area contributed by atoms with E-state index in [1.54, 1.807) is 12.1 Å². The van der Waals surface area contributed by atoms with Gasteiger partial charge in [-0.15, -0.1) is 0 Å². The van der Waals surface area contributed by atoms with Crippen LogP contribution in [0, 0.1) is 18.8 Å². The van der Waals surface area contributed by atoms with Gasteiger partial charge in [-0.1, -0.05) is 36.7 Å². The Hall–Kier alpha value is -2.90. The smallest absolute Gasteiger partial charge is 0.250 e. The summed E-state index contributed by atoms with van der Waals surface area (Å²) in [6.45, 7) is 4.55. The first-order valence-electron chi connectivity index (χ1n) is 11.8. The Morgan fingerprint density at radius 1 is 1.21 bits per heavy atom. The van der Waals surface area contributed by atoms with Crippen LogP contribution in [-0.2, 0) is 26.3 Å². The van der Waals surface area contributed by atoms with Gasteiger partial charge in [0.05, 0.1) is 24.6 Å². The number of halogens is 1. The van der Waals surface area contributed by atoms with Crippen molar-refractivity contribution in [3.05, 3.63) is 52.0 Å². The van der Waals surface area contributed by atoms with Crippen LogP contribution in [-0.4, -0.2) is 42.3 Å². The summed E-state index contributed by atoms with van der Waals surface area (Å²) in [5.41, 5.74) is 2.59. The zero-order valence-corrected chi connectivity index (χ0v) is 20.1. The van der Waals surface area contributed by atoms with Crippen molar-refractivity contribution in [2.45, 2.75) is 44.7 Å². The summed E-state index contributed by atoms with van der Waals surface area (Å²) >= 11 is 6.29. The van der Waals surface area contributed by atoms with Crippen LogP contribution in [0.3, 0.4) is 0 Å². The minimum absolute atomic E-state index is 0.159. The number of fused-ring (bicyclic) bond motifs is 7. The molecule has 176 valence electrons. The van der Waals surface area contributed by atoms with Crippen molar-refractivity contribution >= 4 is 40.7 Å². The quantitative estimate of drug-likeness (QED) is 0.680. The number of ether oxygens (including phenoxy) is 1. The van der Waals surface area contributed by atoms with Crippen molar-refractivity contribution < 1.29 is 19.1 Å². The molecule has 6 rings (SSSR count). The van der Waals surface area contributed by atoms with Gasteiger partial charge in [0, 0.05) is 28.4 Å². The zero-order valence-electron chi connectivity index (χ0n) is 19.4. The molecule has 1 N–H and O–H groups in total. The number of aryl methyl sites for hydroxylation is 2. The molecule has 4 heterocycles. The predicted octanol–water partition coefficient (Wildman–Crippen LogP) is 3.65. The van der Waals surface area contributed by atoms with Crippen LogP contribution >= 0.6 is 11.6 Å². The number of anilines is 2. The second kappa shape index (κ2) is 7.30. The summed E-state index contributed by atoms with van der Waals surface area (Å²) in [4.78, 5) is 45.3. The van der Waals surface area contributed by atoms with Gasteiger partial charge in [0.1, 0.15) is 11.3 Å². The van der Waals surface area contributed by atoms with Crippen LogP contribution < -0.4 is 15.0 Å². The lowest BCUT2D eigenvalue weighted by atomic mass is 9.75. The molecule has 4 atom stereocenters. The van der Waals surface area contributed by atoms with Crippen LogP contribution in [0.2, 0.25) is 5.02 Å². The Kier molecular flexibility index (Phi) is 4.64. The van der Waals surface area contributed by atoms with Gasteiger partial charge < -0.3 is 10.1 Å². The third-order valence-electron chi connectivity index (χ3n) is 8.20. The molecule has 0 saturated carbocycles. The van der Waals surface area contributed by atoms with Gasteiger partial charge in [0.15, 0.2) is 0 Å². The molecule has 8 heteroatoms. The van der Waals surface area contributed by atoms with E-state index in [9.17, 15) is 14.4 Å². The van der Waals surface area contributed by atoms with Crippen LogP contribution in [0.4, 0.5) is 11.4 Å². The molecule has 34 heavy (non-hydrogen) atoms. The van der Waals surface area contributed by atoms with Gasteiger partial charge in [0.2, 0.25) is 17.7 Å². The van der Waals surface area contributed by atoms with E-state index in [0.717, 1.165) is 41.6 Å². The zero-order chi connectivity index (χ0) is 23.9. The molecule has 4 aliphatic heterocycles. The fourth-order valence-corrected chi connectivity index (χ4v) is 6.96. The number of carbonyl (C=O) groups excluding carboxylic acids is 3. The van der Waals surface area contributed by atoms with E-state index < -0.39 is 17.4 Å². The highest BCUT2D eigenvalue weighted by Crippen LogP contribution is 2.61. The van der Waals surface area contributed by atoms with Crippen molar-refractivity contribution in [2.24, 2.45) is 11.8 Å². The second-order valence-corrected chi connectivity index (χ2v) is 10.0. The lowest BCUT2D eigenvalue weighted by molar-refractivity contribution is -0.135. The standard InChI is InChI=1S/C26H26ClN3O4/c1-4-14-7-5-8-15-22(14)28-25(33)26(15)21-20(17-9-6-10-29(17)26)23(31)30(24(21)32)18-11-13(2)16(27)12-19(18)34-3/h5,7-8,11-12,17,20-21H,4,6,9-10H2,1-3H3,(H,28,33)/t17-,20+,21-,26-/m0/s1. The number of imide groups is 1. The van der Waals surface area contributed by atoms with E-state index in [0.29, 0.717) is 23.0 Å². The van der Waals surface area contributed by atoms with Crippen molar-refractivity contribution in [3.63, 3.8) is 0 Å². The predicted molar refractivity (Wildman–Crippen MR) is 128 cm³/mol. The molecule has 3 amide bonds. The van der Waals surface area contributed by atoms with Crippen molar-refractivity contribution in [2.75, 3.05) is 23.9 Å². The highest BCUT2D eigenvalue weighted by atomic mass is 35.5. The highest BCUT2D eigenvalue weighted by Gasteiger charge is 2.74. The molecule has 2 aromatic rings. The number of hydrogen-bond acceptors (Lipinski definition) is 5. The first-order valence-corrected chi connectivity index (χ1v) is 12.2. The van der Waals surface area contributed by atoms with E-state index in [4.69, 9.17) is 16.3 Å². The molecule has 0 unspecified atom stereocenters. The minimum Gasteiger partial charge on any atom is -0.495 e. The third-order valence-corrected chi connectivity index (χ3v) is 8.60. The largest absolute Gasteiger partial charge is 0.495 e. The summed E-state index contributed by atoms with van der Waals surface area (Å²) in [5, 5.41) is 3.59. The summed E-state index contributed by atoms with van der Waals surface area (Å²) in [5.74, 6) is -1.84. The number of amides is 3. The maximum atomic E-state index is 14.2. The van der Waals surface area contributed by atoms with E-state index in [2.05, 4.69) is 10.2 Å². The molecule has 0 aromatic heterocycles. The van der Waals surface area contributed by atoms with Crippen molar-refractivity contribution in [1.82, 2.24) is 4.90 Å². The first-order chi connectivity index (χ1) is 16.4. The molecule has 0 aliphatic carbocycles. The van der Waals surface area contributed by atoms with E-state index >= 15 is 0 Å². The number of benzene rings is 2.